The number of fused-ring (bicyclic) bond motifs is 1. The molecule has 4 nitrogen and oxygen atoms in total. The van der Waals surface area contributed by atoms with Crippen molar-refractivity contribution in [2.45, 2.75) is 6.10 Å². The van der Waals surface area contributed by atoms with Crippen LogP contribution in [0.1, 0.15) is 11.8 Å². The van der Waals surface area contributed by atoms with Crippen LogP contribution in [0.2, 0.25) is 0 Å². The maximum absolute atomic E-state index is 13.8. The third-order valence-corrected chi connectivity index (χ3v) is 2.94. The minimum atomic E-state index is -0.569. The lowest BCUT2D eigenvalue weighted by atomic mass is 10.2. The molecule has 1 aromatic carbocycles. The Kier molecular flexibility index (Phi) is 2.71. The number of nitrogens with one attached hydrogen (secondary N) is 1. The van der Waals surface area contributed by atoms with Gasteiger partial charge in [-0.2, -0.15) is 0 Å². The summed E-state index contributed by atoms with van der Waals surface area (Å²) < 4.78 is 25.0. The number of hydrogen-bond acceptors (Lipinski definition) is 4. The summed E-state index contributed by atoms with van der Waals surface area (Å²) in [4.78, 5) is 6.39. The van der Waals surface area contributed by atoms with Crippen LogP contribution < -0.4 is 9.47 Å². The van der Waals surface area contributed by atoms with Gasteiger partial charge < -0.3 is 14.5 Å². The Labute approximate surface area is 107 Å². The molecule has 0 saturated carbocycles. The zero-order valence-electron chi connectivity index (χ0n) is 9.22. The lowest BCUT2D eigenvalue weighted by Gasteiger charge is -2.26. The first-order chi connectivity index (χ1) is 8.75. The number of aromatic amines is 1. The van der Waals surface area contributed by atoms with Crippen LogP contribution in [0.15, 0.2) is 30.6 Å². The molecular formula is C12H9FN2O2S. The fraction of sp³-hybridized carbons (Fsp3) is 0.167. The molecule has 1 aliphatic rings. The van der Waals surface area contributed by atoms with Crippen LogP contribution in [0.4, 0.5) is 4.39 Å². The van der Waals surface area contributed by atoms with Gasteiger partial charge in [-0.1, -0.05) is 24.4 Å². The molecule has 0 bridgehead atoms. The van der Waals surface area contributed by atoms with Crippen molar-refractivity contribution in [1.82, 2.24) is 9.97 Å². The molecule has 0 aliphatic carbocycles. The molecule has 1 aliphatic heterocycles. The monoisotopic (exact) mass is 264 g/mol. The van der Waals surface area contributed by atoms with Crippen LogP contribution in [0.3, 0.4) is 0 Å². The largest absolute Gasteiger partial charge is 0.485 e. The van der Waals surface area contributed by atoms with Crippen LogP contribution in [-0.2, 0) is 0 Å². The molecule has 1 N–H and O–H groups in total. The van der Waals surface area contributed by atoms with Gasteiger partial charge in [-0.3, -0.25) is 0 Å². The summed E-state index contributed by atoms with van der Waals surface area (Å²) in [6.45, 7) is 0.225. The average molecular weight is 264 g/mol. The number of benzene rings is 1. The Bertz CT molecular complexity index is 644. The summed E-state index contributed by atoms with van der Waals surface area (Å²) in [6, 6.07) is 7.25. The molecule has 92 valence electrons. The van der Waals surface area contributed by atoms with Gasteiger partial charge in [-0.05, 0) is 12.1 Å². The van der Waals surface area contributed by atoms with Gasteiger partial charge in [0.25, 0.3) is 0 Å². The molecule has 0 fully saturated rings. The van der Waals surface area contributed by atoms with E-state index in [-0.39, 0.29) is 16.9 Å². The highest BCUT2D eigenvalue weighted by Crippen LogP contribution is 2.35. The number of ether oxygens (including phenoxy) is 2. The molecule has 0 amide bonds. The highest BCUT2D eigenvalue weighted by Gasteiger charge is 2.25. The highest BCUT2D eigenvalue weighted by atomic mass is 32.1. The first kappa shape index (κ1) is 11.2. The Morgan fingerprint density at radius 3 is 2.94 bits per heavy atom. The van der Waals surface area contributed by atoms with Gasteiger partial charge in [0.1, 0.15) is 12.3 Å². The normalized spacial score (nSPS) is 17.5. The fourth-order valence-corrected chi connectivity index (χ4v) is 1.95. The number of hydrogen-bond donors (Lipinski definition) is 1. The molecule has 2 heterocycles. The van der Waals surface area contributed by atoms with Crippen LogP contribution in [-0.4, -0.2) is 16.6 Å². The number of para-hydroxylation sites is 2. The van der Waals surface area contributed by atoms with Crippen LogP contribution >= 0.6 is 12.2 Å². The topological polar surface area (TPSA) is 47.1 Å². The number of nitrogens with zero attached hydrogens (tertiary/aromatic N) is 1. The summed E-state index contributed by atoms with van der Waals surface area (Å²) in [7, 11) is 0. The molecule has 6 heteroatoms. The summed E-state index contributed by atoms with van der Waals surface area (Å²) in [5.74, 6) is 0.673. The maximum Gasteiger partial charge on any atom is 0.183 e. The van der Waals surface area contributed by atoms with E-state index in [1.54, 1.807) is 12.1 Å². The SMILES string of the molecule is Fc1c(C2COc3ccccc3O2)[nH]cnc1=S. The van der Waals surface area contributed by atoms with E-state index in [1.807, 2.05) is 12.1 Å². The standard InChI is InChI=1S/C12H9FN2O2S/c13-10-11(14-6-15-12(10)18)9-5-16-7-3-1-2-4-8(7)17-9/h1-4,6,9H,5H2,(H,14,15,18). The van der Waals surface area contributed by atoms with E-state index in [0.717, 1.165) is 0 Å². The van der Waals surface area contributed by atoms with Crippen molar-refractivity contribution in [3.8, 4) is 11.5 Å². The van der Waals surface area contributed by atoms with Gasteiger partial charge in [-0.15, -0.1) is 0 Å². The Balaban J connectivity index is 1.97. The number of H-pyrrole nitrogens is 1. The lowest BCUT2D eigenvalue weighted by molar-refractivity contribution is 0.0851. The van der Waals surface area contributed by atoms with E-state index in [1.165, 1.54) is 6.33 Å². The maximum atomic E-state index is 13.8. The smallest absolute Gasteiger partial charge is 0.183 e. The Morgan fingerprint density at radius 2 is 2.11 bits per heavy atom. The van der Waals surface area contributed by atoms with Gasteiger partial charge in [0.2, 0.25) is 0 Å². The second kappa shape index (κ2) is 4.38. The van der Waals surface area contributed by atoms with Crippen molar-refractivity contribution >= 4 is 12.2 Å². The molecule has 2 aromatic rings. The third kappa shape index (κ3) is 1.84. The molecule has 3 rings (SSSR count). The molecule has 0 saturated heterocycles. The van der Waals surface area contributed by atoms with Gasteiger partial charge in [0, 0.05) is 0 Å². The van der Waals surface area contributed by atoms with Crippen LogP contribution in [0, 0.1) is 10.5 Å². The van der Waals surface area contributed by atoms with Crippen LogP contribution in [0.5, 0.6) is 11.5 Å². The fourth-order valence-electron chi connectivity index (χ4n) is 1.79. The molecule has 0 radical (unpaired) electrons. The minimum absolute atomic E-state index is 0.0776. The van der Waals surface area contributed by atoms with E-state index in [0.29, 0.717) is 11.5 Å². The zero-order valence-corrected chi connectivity index (χ0v) is 10.0. The lowest BCUT2D eigenvalue weighted by Crippen LogP contribution is -2.23. The predicted molar refractivity (Wildman–Crippen MR) is 64.7 cm³/mol. The second-order valence-electron chi connectivity index (χ2n) is 3.80. The van der Waals surface area contributed by atoms with Crippen molar-refractivity contribution in [3.05, 3.63) is 46.7 Å². The van der Waals surface area contributed by atoms with Crippen molar-refractivity contribution in [3.63, 3.8) is 0 Å². The van der Waals surface area contributed by atoms with Crippen molar-refractivity contribution in [2.75, 3.05) is 6.61 Å². The Morgan fingerprint density at radius 1 is 1.33 bits per heavy atom. The van der Waals surface area contributed by atoms with Gasteiger partial charge in [-0.25, -0.2) is 9.37 Å². The number of halogens is 1. The van der Waals surface area contributed by atoms with E-state index >= 15 is 0 Å². The summed E-state index contributed by atoms with van der Waals surface area (Å²) in [5.41, 5.74) is 0.254. The Hall–Kier alpha value is -1.95. The first-order valence-electron chi connectivity index (χ1n) is 5.37. The molecule has 1 unspecified atom stereocenters. The molecular weight excluding hydrogens is 255 g/mol. The highest BCUT2D eigenvalue weighted by molar-refractivity contribution is 7.71. The van der Waals surface area contributed by atoms with E-state index < -0.39 is 11.9 Å². The molecule has 1 aromatic heterocycles. The zero-order chi connectivity index (χ0) is 12.5. The van der Waals surface area contributed by atoms with Crippen molar-refractivity contribution in [2.24, 2.45) is 0 Å². The quantitative estimate of drug-likeness (QED) is 0.804. The summed E-state index contributed by atoms with van der Waals surface area (Å²) in [5, 5.41) is 0. The van der Waals surface area contributed by atoms with E-state index in [4.69, 9.17) is 21.7 Å². The first-order valence-corrected chi connectivity index (χ1v) is 5.78. The van der Waals surface area contributed by atoms with Gasteiger partial charge in [0.05, 0.1) is 6.33 Å². The van der Waals surface area contributed by atoms with Crippen molar-refractivity contribution in [1.29, 1.82) is 0 Å². The average Bonchev–Trinajstić information content (AvgIpc) is 2.41. The molecule has 0 spiro atoms. The summed E-state index contributed by atoms with van der Waals surface area (Å²) >= 11 is 4.79. The van der Waals surface area contributed by atoms with Crippen molar-refractivity contribution < 1.29 is 13.9 Å². The van der Waals surface area contributed by atoms with E-state index in [9.17, 15) is 4.39 Å². The number of rotatable bonds is 1. The van der Waals surface area contributed by atoms with Gasteiger partial charge >= 0.3 is 0 Å². The van der Waals surface area contributed by atoms with E-state index in [2.05, 4.69) is 9.97 Å². The predicted octanol–water partition coefficient (Wildman–Crippen LogP) is 2.79. The van der Waals surface area contributed by atoms with Crippen LogP contribution in [0.25, 0.3) is 0 Å². The minimum Gasteiger partial charge on any atom is -0.485 e. The second-order valence-corrected chi connectivity index (χ2v) is 4.19. The third-order valence-electron chi connectivity index (χ3n) is 2.66. The van der Waals surface area contributed by atoms with Gasteiger partial charge in [0.15, 0.2) is 28.1 Å². The number of aromatic nitrogens is 2. The summed E-state index contributed by atoms with van der Waals surface area (Å²) in [6.07, 6.45) is 0.801. The molecule has 18 heavy (non-hydrogen) atoms. The molecule has 1 atom stereocenters.